The molecule has 2 atom stereocenters. The fraction of sp³-hybridized carbons (Fsp3) is 0.462. The van der Waals surface area contributed by atoms with Gasteiger partial charge in [0.2, 0.25) is 20.0 Å². The number of sulfonamides is 2. The maximum Gasteiger partial charge on any atom is 0.243 e. The zero-order valence-electron chi connectivity index (χ0n) is 21.4. The molecule has 0 aliphatic carbocycles. The largest absolute Gasteiger partial charge is 0.291 e. The number of piperidine rings is 2. The van der Waals surface area contributed by atoms with Crippen LogP contribution in [0.1, 0.15) is 39.5 Å². The van der Waals surface area contributed by atoms with Crippen LogP contribution in [0.4, 0.5) is 11.4 Å². The van der Waals surface area contributed by atoms with E-state index in [9.17, 15) is 26.9 Å². The summed E-state index contributed by atoms with van der Waals surface area (Å²) in [6.07, 6.45) is 3.46. The van der Waals surface area contributed by atoms with Crippen molar-refractivity contribution in [3.05, 3.63) is 41.3 Å². The molecular weight excluding hydrogens is 528 g/mol. The highest BCUT2D eigenvalue weighted by Gasteiger charge is 2.31. The Balaban J connectivity index is 1.69. The molecule has 2 fully saturated rings. The quantitative estimate of drug-likeness (QED) is 0.245. The minimum atomic E-state index is -3.83. The first-order valence-electron chi connectivity index (χ1n) is 12.8. The molecule has 204 valence electrons. The van der Waals surface area contributed by atoms with E-state index in [0.29, 0.717) is 37.0 Å². The van der Waals surface area contributed by atoms with Gasteiger partial charge in [-0.05, 0) is 67.0 Å². The molecule has 12 heteroatoms. The molecule has 3 aromatic rings. The molecule has 2 heterocycles. The minimum absolute atomic E-state index is 0.0123. The van der Waals surface area contributed by atoms with E-state index >= 15 is 0 Å². The predicted molar refractivity (Wildman–Crippen MR) is 147 cm³/mol. The van der Waals surface area contributed by atoms with E-state index in [1.54, 1.807) is 0 Å². The number of hydrogen-bond donors (Lipinski definition) is 2. The summed E-state index contributed by atoms with van der Waals surface area (Å²) in [4.78, 5) is 12.2. The monoisotopic (exact) mass is 560 g/mol. The standard InChI is InChI=1S/C26H32N4O6S2/c1-17-5-3-11-29(15-17)37(33,34)19-7-9-21-23(13-19)26(28-32)24-14-20(8-10-22(24)25(21)27-31)38(35,36)30-12-4-6-18(2)16-30/h7-10,13-14,17-18,27,31H,3-6,11-12,15-16H2,1-2H3. The SMILES string of the molecule is CC1CCCN(S(=O)(=O)c2ccc3c(NO)c4ccc(S(=O)(=O)N5CCCC(C)C5)cc4c(N=O)c3c2)C1. The van der Waals surface area contributed by atoms with Crippen LogP contribution in [0.3, 0.4) is 0 Å². The second-order valence-corrected chi connectivity index (χ2v) is 14.4. The number of benzene rings is 3. The van der Waals surface area contributed by atoms with Crippen molar-refractivity contribution in [2.75, 3.05) is 31.7 Å². The van der Waals surface area contributed by atoms with Gasteiger partial charge in [0, 0.05) is 47.7 Å². The third-order valence-corrected chi connectivity index (χ3v) is 11.5. The first-order valence-corrected chi connectivity index (χ1v) is 15.7. The fourth-order valence-electron chi connectivity index (χ4n) is 5.73. The van der Waals surface area contributed by atoms with E-state index in [1.165, 1.54) is 45.0 Å². The van der Waals surface area contributed by atoms with E-state index in [2.05, 4.69) is 10.7 Å². The Morgan fingerprint density at radius 3 is 1.61 bits per heavy atom. The molecular formula is C26H32N4O6S2. The Labute approximate surface area is 222 Å². The van der Waals surface area contributed by atoms with Crippen LogP contribution in [0.2, 0.25) is 0 Å². The van der Waals surface area contributed by atoms with Crippen LogP contribution < -0.4 is 5.48 Å². The summed E-state index contributed by atoms with van der Waals surface area (Å²) in [6, 6.07) is 8.73. The molecule has 2 aliphatic heterocycles. The molecule has 2 unspecified atom stereocenters. The maximum atomic E-state index is 13.4. The van der Waals surface area contributed by atoms with E-state index < -0.39 is 20.0 Å². The lowest BCUT2D eigenvalue weighted by molar-refractivity contribution is 0.281. The molecule has 2 aliphatic rings. The van der Waals surface area contributed by atoms with Crippen molar-refractivity contribution in [1.29, 1.82) is 0 Å². The highest BCUT2D eigenvalue weighted by Crippen LogP contribution is 2.43. The van der Waals surface area contributed by atoms with Crippen molar-refractivity contribution in [2.45, 2.75) is 49.3 Å². The highest BCUT2D eigenvalue weighted by molar-refractivity contribution is 7.89. The Kier molecular flexibility index (Phi) is 7.20. The van der Waals surface area contributed by atoms with Crippen LogP contribution in [-0.2, 0) is 20.0 Å². The van der Waals surface area contributed by atoms with E-state index in [1.807, 2.05) is 13.8 Å². The third-order valence-electron chi connectivity index (χ3n) is 7.75. The number of hydrogen-bond acceptors (Lipinski definition) is 8. The molecule has 0 saturated carbocycles. The molecule has 0 aromatic heterocycles. The van der Waals surface area contributed by atoms with Gasteiger partial charge in [-0.3, -0.25) is 10.7 Å². The average molecular weight is 561 g/mol. The first-order chi connectivity index (χ1) is 18.1. The summed E-state index contributed by atoms with van der Waals surface area (Å²) in [6.45, 7) is 5.69. The van der Waals surface area contributed by atoms with Crippen LogP contribution >= 0.6 is 0 Å². The van der Waals surface area contributed by atoms with E-state index in [0.717, 1.165) is 25.7 Å². The number of nitroso groups, excluding NO2 is 1. The molecule has 10 nitrogen and oxygen atoms in total. The molecule has 0 bridgehead atoms. The Morgan fingerprint density at radius 1 is 0.789 bits per heavy atom. The van der Waals surface area contributed by atoms with Gasteiger partial charge in [0.05, 0.1) is 15.5 Å². The van der Waals surface area contributed by atoms with Gasteiger partial charge in [0.1, 0.15) is 5.69 Å². The van der Waals surface area contributed by atoms with E-state index in [-0.39, 0.29) is 43.8 Å². The number of anilines is 1. The topological polar surface area (TPSA) is 136 Å². The predicted octanol–water partition coefficient (Wildman–Crippen LogP) is 5.03. The van der Waals surface area contributed by atoms with Crippen molar-refractivity contribution in [1.82, 2.24) is 8.61 Å². The normalized spacial score (nSPS) is 22.1. The van der Waals surface area contributed by atoms with Gasteiger partial charge in [-0.15, -0.1) is 4.91 Å². The van der Waals surface area contributed by atoms with Crippen LogP contribution in [0, 0.1) is 16.7 Å². The van der Waals surface area contributed by atoms with Crippen LogP contribution in [0.25, 0.3) is 21.5 Å². The molecule has 2 N–H and O–H groups in total. The van der Waals surface area contributed by atoms with Crippen molar-refractivity contribution in [3.8, 4) is 0 Å². The smallest absolute Gasteiger partial charge is 0.243 e. The van der Waals surface area contributed by atoms with Crippen molar-refractivity contribution in [2.24, 2.45) is 17.0 Å². The second kappa shape index (κ2) is 10.2. The van der Waals surface area contributed by atoms with Gasteiger partial charge in [-0.1, -0.05) is 26.0 Å². The third kappa shape index (κ3) is 4.58. The Morgan fingerprint density at radius 2 is 1.24 bits per heavy atom. The molecule has 0 radical (unpaired) electrons. The second-order valence-electron chi connectivity index (χ2n) is 10.6. The maximum absolute atomic E-state index is 13.4. The zero-order chi connectivity index (χ0) is 27.2. The average Bonchev–Trinajstić information content (AvgIpc) is 2.91. The number of nitrogens with one attached hydrogen (secondary N) is 1. The summed E-state index contributed by atoms with van der Waals surface area (Å²) >= 11 is 0. The lowest BCUT2D eigenvalue weighted by atomic mass is 9.99. The molecule has 5 rings (SSSR count). The minimum Gasteiger partial charge on any atom is -0.291 e. The summed E-state index contributed by atoms with van der Waals surface area (Å²) in [7, 11) is -7.66. The first kappa shape index (κ1) is 26.9. The summed E-state index contributed by atoms with van der Waals surface area (Å²) in [5.41, 5.74) is 2.30. The lowest BCUT2D eigenvalue weighted by Crippen LogP contribution is -2.39. The number of rotatable bonds is 6. The molecule has 3 aromatic carbocycles. The Bertz CT molecular complexity index is 1510. The molecule has 2 saturated heterocycles. The van der Waals surface area contributed by atoms with Crippen LogP contribution in [0.5, 0.6) is 0 Å². The van der Waals surface area contributed by atoms with Gasteiger partial charge >= 0.3 is 0 Å². The molecule has 38 heavy (non-hydrogen) atoms. The highest BCUT2D eigenvalue weighted by atomic mass is 32.2. The van der Waals surface area contributed by atoms with Crippen molar-refractivity contribution in [3.63, 3.8) is 0 Å². The zero-order valence-corrected chi connectivity index (χ0v) is 23.1. The van der Waals surface area contributed by atoms with Crippen molar-refractivity contribution >= 4 is 53.0 Å². The van der Waals surface area contributed by atoms with Crippen LogP contribution in [-0.4, -0.2) is 56.8 Å². The Hall–Kier alpha value is -2.64. The number of nitrogens with zero attached hydrogens (tertiary/aromatic N) is 3. The van der Waals surface area contributed by atoms with Crippen molar-refractivity contribution < 1.29 is 22.0 Å². The van der Waals surface area contributed by atoms with Gasteiger partial charge in [-0.25, -0.2) is 16.8 Å². The van der Waals surface area contributed by atoms with Gasteiger partial charge < -0.3 is 0 Å². The number of fused-ring (bicyclic) bond motifs is 2. The van der Waals surface area contributed by atoms with Gasteiger partial charge in [-0.2, -0.15) is 8.61 Å². The summed E-state index contributed by atoms with van der Waals surface area (Å²) in [5.74, 6) is 0.479. The van der Waals surface area contributed by atoms with E-state index in [4.69, 9.17) is 0 Å². The fourth-order valence-corrected chi connectivity index (χ4v) is 8.98. The molecule has 0 amide bonds. The van der Waals surface area contributed by atoms with Crippen LogP contribution in [0.15, 0.2) is 51.4 Å². The lowest BCUT2D eigenvalue weighted by Gasteiger charge is -2.30. The van der Waals surface area contributed by atoms with Gasteiger partial charge in [0.25, 0.3) is 0 Å². The van der Waals surface area contributed by atoms with Gasteiger partial charge in [0.15, 0.2) is 0 Å². The molecule has 0 spiro atoms. The summed E-state index contributed by atoms with van der Waals surface area (Å²) < 4.78 is 56.7. The summed E-state index contributed by atoms with van der Waals surface area (Å²) in [5, 5.41) is 14.4.